The lowest BCUT2D eigenvalue weighted by Crippen LogP contribution is -2.38. The van der Waals surface area contributed by atoms with Crippen molar-refractivity contribution in [2.24, 2.45) is 11.8 Å². The van der Waals surface area contributed by atoms with E-state index in [2.05, 4.69) is 0 Å². The highest BCUT2D eigenvalue weighted by molar-refractivity contribution is 5.77. The smallest absolute Gasteiger partial charge is 0.410 e. The van der Waals surface area contributed by atoms with E-state index in [1.54, 1.807) is 11.8 Å². The lowest BCUT2D eigenvalue weighted by Gasteiger charge is -2.23. The van der Waals surface area contributed by atoms with E-state index in [1.165, 1.54) is 0 Å². The number of amides is 2. The molecule has 0 saturated carbocycles. The Balaban J connectivity index is 0.000000166. The molecule has 0 radical (unpaired) electrons. The van der Waals surface area contributed by atoms with Gasteiger partial charge in [-0.15, -0.1) is 0 Å². The van der Waals surface area contributed by atoms with Gasteiger partial charge in [-0.25, -0.2) is 9.59 Å². The minimum Gasteiger partial charge on any atom is -0.466 e. The number of carbonyl (C=O) groups is 3. The zero-order valence-electron chi connectivity index (χ0n) is 23.6. The quantitative estimate of drug-likeness (QED) is 0.376. The third-order valence-corrected chi connectivity index (χ3v) is 8.86. The molecule has 4 aliphatic rings. The van der Waals surface area contributed by atoms with Crippen molar-refractivity contribution in [1.82, 2.24) is 9.80 Å². The van der Waals surface area contributed by atoms with Crippen LogP contribution in [-0.4, -0.2) is 70.4 Å². The molecule has 4 heterocycles. The molecule has 0 spiro atoms. The van der Waals surface area contributed by atoms with Gasteiger partial charge in [0, 0.05) is 36.7 Å². The van der Waals surface area contributed by atoms with Crippen LogP contribution in [0.25, 0.3) is 0 Å². The van der Waals surface area contributed by atoms with E-state index in [-0.39, 0.29) is 67.4 Å². The molecule has 6 atom stereocenters. The molecule has 4 bridgehead atoms. The zero-order valence-corrected chi connectivity index (χ0v) is 23.6. The van der Waals surface area contributed by atoms with Crippen LogP contribution in [0.1, 0.15) is 56.6 Å². The van der Waals surface area contributed by atoms with Gasteiger partial charge in [0.15, 0.2) is 0 Å². The number of rotatable bonds is 7. The first kappa shape index (κ1) is 28.9. The number of ether oxygens (including phenoxy) is 3. The van der Waals surface area contributed by atoms with E-state index in [0.29, 0.717) is 19.6 Å². The summed E-state index contributed by atoms with van der Waals surface area (Å²) in [4.78, 5) is 40.1. The summed E-state index contributed by atoms with van der Waals surface area (Å²) in [5.74, 6) is -0.137. The van der Waals surface area contributed by atoms with Gasteiger partial charge in [0.25, 0.3) is 0 Å². The summed E-state index contributed by atoms with van der Waals surface area (Å²) < 4.78 is 15.9. The number of aliphatic hydroxyl groups is 1. The molecule has 6 unspecified atom stereocenters. The molecule has 0 aliphatic carbocycles. The Morgan fingerprint density at radius 2 is 1.24 bits per heavy atom. The predicted octanol–water partition coefficient (Wildman–Crippen LogP) is 4.91. The zero-order chi connectivity index (χ0) is 28.8. The van der Waals surface area contributed by atoms with Gasteiger partial charge in [0.2, 0.25) is 0 Å². The fourth-order valence-electron chi connectivity index (χ4n) is 6.96. The van der Waals surface area contributed by atoms with Crippen molar-refractivity contribution in [3.8, 4) is 0 Å². The molecule has 2 aromatic rings. The van der Waals surface area contributed by atoms with Crippen LogP contribution in [0.15, 0.2) is 60.7 Å². The largest absolute Gasteiger partial charge is 0.466 e. The number of benzene rings is 2. The van der Waals surface area contributed by atoms with Crippen LogP contribution in [0, 0.1) is 11.8 Å². The summed E-state index contributed by atoms with van der Waals surface area (Å²) in [6.07, 6.45) is 4.91. The van der Waals surface area contributed by atoms with Gasteiger partial charge in [0.1, 0.15) is 13.2 Å². The lowest BCUT2D eigenvalue weighted by atomic mass is 9.89. The second kappa shape index (κ2) is 13.4. The normalized spacial score (nSPS) is 27.3. The van der Waals surface area contributed by atoms with Crippen molar-refractivity contribution in [3.05, 3.63) is 71.8 Å². The Morgan fingerprint density at radius 1 is 0.732 bits per heavy atom. The SMILES string of the molecule is CCOC(=O)C1CC2CCC1N2C(=O)OCc1ccccc1.O=C(OCc1ccccc1)N1C2CCC1C(CO)C2. The summed E-state index contributed by atoms with van der Waals surface area (Å²) >= 11 is 0. The van der Waals surface area contributed by atoms with Crippen molar-refractivity contribution in [1.29, 1.82) is 0 Å². The molecule has 41 heavy (non-hydrogen) atoms. The van der Waals surface area contributed by atoms with Gasteiger partial charge < -0.3 is 29.1 Å². The minimum atomic E-state index is -0.317. The Morgan fingerprint density at radius 3 is 1.76 bits per heavy atom. The van der Waals surface area contributed by atoms with Crippen molar-refractivity contribution in [3.63, 3.8) is 0 Å². The number of carbonyl (C=O) groups excluding carboxylic acids is 3. The molecular weight excluding hydrogens is 524 g/mol. The molecule has 220 valence electrons. The third-order valence-electron chi connectivity index (χ3n) is 8.86. The van der Waals surface area contributed by atoms with Gasteiger partial charge in [-0.2, -0.15) is 0 Å². The van der Waals surface area contributed by atoms with Crippen LogP contribution >= 0.6 is 0 Å². The average Bonchev–Trinajstić information content (AvgIpc) is 3.79. The summed E-state index contributed by atoms with van der Waals surface area (Å²) in [6.45, 7) is 2.94. The third kappa shape index (κ3) is 6.50. The standard InChI is InChI=1S/C17H21NO4.C15H19NO3/c1-2-21-16(19)14-10-13-8-9-15(14)18(13)17(20)22-11-12-6-4-3-5-7-12;17-9-12-8-13-6-7-14(12)16(13)15(18)19-10-11-4-2-1-3-5-11/h3-7,13-15H,2,8-11H2,1H3;1-5,12-14,17H,6-10H2. The van der Waals surface area contributed by atoms with E-state index in [1.807, 2.05) is 65.6 Å². The highest BCUT2D eigenvalue weighted by Gasteiger charge is 2.52. The first-order valence-corrected chi connectivity index (χ1v) is 14.8. The molecule has 1 N–H and O–H groups in total. The highest BCUT2D eigenvalue weighted by Crippen LogP contribution is 2.43. The second-order valence-electron chi connectivity index (χ2n) is 11.3. The predicted molar refractivity (Wildman–Crippen MR) is 150 cm³/mol. The van der Waals surface area contributed by atoms with E-state index in [4.69, 9.17) is 14.2 Å². The Kier molecular flexibility index (Phi) is 9.44. The fraction of sp³-hybridized carbons (Fsp3) is 0.531. The number of fused-ring (bicyclic) bond motifs is 4. The topological polar surface area (TPSA) is 106 Å². The maximum Gasteiger partial charge on any atom is 0.410 e. The summed E-state index contributed by atoms with van der Waals surface area (Å²) in [5.41, 5.74) is 1.96. The molecule has 9 heteroatoms. The summed E-state index contributed by atoms with van der Waals surface area (Å²) in [5, 5.41) is 9.32. The molecule has 2 amide bonds. The monoisotopic (exact) mass is 564 g/mol. The van der Waals surface area contributed by atoms with Crippen LogP contribution < -0.4 is 0 Å². The number of hydrogen-bond acceptors (Lipinski definition) is 7. The molecule has 4 saturated heterocycles. The van der Waals surface area contributed by atoms with Gasteiger partial charge in [-0.3, -0.25) is 4.79 Å². The lowest BCUT2D eigenvalue weighted by molar-refractivity contribution is -0.148. The molecule has 4 aliphatic heterocycles. The summed E-state index contributed by atoms with van der Waals surface area (Å²) in [7, 11) is 0. The van der Waals surface area contributed by atoms with Crippen LogP contribution in [0.5, 0.6) is 0 Å². The molecule has 9 nitrogen and oxygen atoms in total. The Bertz CT molecular complexity index is 1180. The first-order chi connectivity index (χ1) is 20.0. The average molecular weight is 565 g/mol. The maximum atomic E-state index is 12.4. The van der Waals surface area contributed by atoms with Crippen molar-refractivity contribution >= 4 is 18.2 Å². The van der Waals surface area contributed by atoms with Crippen LogP contribution in [-0.2, 0) is 32.2 Å². The van der Waals surface area contributed by atoms with Crippen molar-refractivity contribution in [2.45, 2.75) is 82.8 Å². The van der Waals surface area contributed by atoms with E-state index in [0.717, 1.165) is 43.2 Å². The molecule has 6 rings (SSSR count). The van der Waals surface area contributed by atoms with Crippen molar-refractivity contribution < 1.29 is 33.7 Å². The van der Waals surface area contributed by atoms with Gasteiger partial charge in [-0.1, -0.05) is 60.7 Å². The van der Waals surface area contributed by atoms with E-state index >= 15 is 0 Å². The Labute approximate surface area is 241 Å². The van der Waals surface area contributed by atoms with Crippen LogP contribution in [0.3, 0.4) is 0 Å². The Hall–Kier alpha value is -3.59. The maximum absolute atomic E-state index is 12.4. The number of esters is 1. The number of nitrogens with zero attached hydrogens (tertiary/aromatic N) is 2. The van der Waals surface area contributed by atoms with Crippen LogP contribution in [0.2, 0.25) is 0 Å². The second-order valence-corrected chi connectivity index (χ2v) is 11.3. The fourth-order valence-corrected chi connectivity index (χ4v) is 6.96. The van der Waals surface area contributed by atoms with Crippen molar-refractivity contribution in [2.75, 3.05) is 13.2 Å². The summed E-state index contributed by atoms with van der Waals surface area (Å²) in [6, 6.07) is 19.8. The van der Waals surface area contributed by atoms with E-state index < -0.39 is 0 Å². The molecule has 4 fully saturated rings. The molecule has 0 aromatic heterocycles. The number of hydrogen-bond donors (Lipinski definition) is 1. The minimum absolute atomic E-state index is 0.0627. The number of aliphatic hydroxyl groups excluding tert-OH is 1. The molecular formula is C32H40N2O7. The van der Waals surface area contributed by atoms with Gasteiger partial charge >= 0.3 is 18.2 Å². The van der Waals surface area contributed by atoms with Gasteiger partial charge in [-0.05, 0) is 56.6 Å². The first-order valence-electron chi connectivity index (χ1n) is 14.8. The highest BCUT2D eigenvalue weighted by atomic mass is 16.6. The van der Waals surface area contributed by atoms with Crippen LogP contribution in [0.4, 0.5) is 9.59 Å². The molecule has 2 aromatic carbocycles. The van der Waals surface area contributed by atoms with Gasteiger partial charge in [0.05, 0.1) is 12.5 Å². The van der Waals surface area contributed by atoms with E-state index in [9.17, 15) is 19.5 Å².